The van der Waals surface area contributed by atoms with Crippen LogP contribution in [0.4, 0.5) is 0 Å². The molecule has 0 fully saturated rings. The number of hydrogen-bond acceptors (Lipinski definition) is 2. The number of rotatable bonds is 7. The normalized spacial score (nSPS) is 10.4. The van der Waals surface area contributed by atoms with Crippen molar-refractivity contribution in [2.24, 2.45) is 5.16 Å². The molecule has 0 saturated carbocycles. The molecule has 0 N–H and O–H groups in total. The van der Waals surface area contributed by atoms with Crippen LogP contribution in [0.5, 0.6) is 0 Å². The minimum atomic E-state index is 0.591. The molecule has 0 aliphatic rings. The Balaban J connectivity index is 3.73. The summed E-state index contributed by atoms with van der Waals surface area (Å²) < 4.78 is 0. The van der Waals surface area contributed by atoms with Gasteiger partial charge in [0.05, 0.1) is 5.71 Å². The lowest BCUT2D eigenvalue weighted by Crippen LogP contribution is -1.98. The average molecular weight is 183 g/mol. The molecule has 0 unspecified atom stereocenters. The van der Waals surface area contributed by atoms with Crippen LogP contribution in [0.3, 0.4) is 0 Å². The summed E-state index contributed by atoms with van der Waals surface area (Å²) in [5.74, 6) is 0. The molecule has 0 atom stereocenters. The zero-order valence-electron chi connectivity index (χ0n) is 9.05. The van der Waals surface area contributed by atoms with Gasteiger partial charge in [0.25, 0.3) is 0 Å². The van der Waals surface area contributed by atoms with Crippen molar-refractivity contribution in [3.63, 3.8) is 0 Å². The first-order valence-electron chi connectivity index (χ1n) is 5.14. The molecule has 0 radical (unpaired) electrons. The predicted octanol–water partition coefficient (Wildman–Crippen LogP) is 3.54. The summed E-state index contributed by atoms with van der Waals surface area (Å²) in [6.07, 6.45) is 8.33. The van der Waals surface area contributed by atoms with Gasteiger partial charge in [0, 0.05) is 0 Å². The first-order valence-corrected chi connectivity index (χ1v) is 5.14. The smallest absolute Gasteiger partial charge is 0.135 e. The van der Waals surface area contributed by atoms with Crippen molar-refractivity contribution in [2.75, 3.05) is 6.61 Å². The molecule has 0 spiro atoms. The van der Waals surface area contributed by atoms with Gasteiger partial charge in [-0.05, 0) is 25.8 Å². The summed E-state index contributed by atoms with van der Waals surface area (Å²) >= 11 is 0. The summed E-state index contributed by atoms with van der Waals surface area (Å²) in [4.78, 5) is 5.14. The minimum Gasteiger partial charge on any atom is -0.392 e. The van der Waals surface area contributed by atoms with Crippen molar-refractivity contribution in [1.29, 1.82) is 0 Å². The van der Waals surface area contributed by atoms with Crippen LogP contribution in [0.25, 0.3) is 0 Å². The van der Waals surface area contributed by atoms with Gasteiger partial charge in [-0.25, -0.2) is 0 Å². The first kappa shape index (κ1) is 12.2. The van der Waals surface area contributed by atoms with Gasteiger partial charge < -0.3 is 4.84 Å². The third-order valence-corrected chi connectivity index (χ3v) is 1.68. The van der Waals surface area contributed by atoms with E-state index in [1.165, 1.54) is 5.71 Å². The summed E-state index contributed by atoms with van der Waals surface area (Å²) in [6.45, 7) is 6.90. The van der Waals surface area contributed by atoms with Crippen LogP contribution in [-0.4, -0.2) is 12.3 Å². The highest BCUT2D eigenvalue weighted by Gasteiger charge is 1.96. The lowest BCUT2D eigenvalue weighted by atomic mass is 10.1. The number of nitrogens with zero attached hydrogens (tertiary/aromatic N) is 1. The van der Waals surface area contributed by atoms with E-state index < -0.39 is 0 Å². The second kappa shape index (κ2) is 9.30. The third-order valence-electron chi connectivity index (χ3n) is 1.68. The fourth-order valence-corrected chi connectivity index (χ4v) is 1.06. The van der Waals surface area contributed by atoms with E-state index in [1.807, 2.05) is 19.1 Å². The quantitative estimate of drug-likeness (QED) is 0.256. The van der Waals surface area contributed by atoms with Gasteiger partial charge in [-0.2, -0.15) is 0 Å². The molecule has 2 heteroatoms. The van der Waals surface area contributed by atoms with Crippen LogP contribution in [0.15, 0.2) is 17.3 Å². The maximum absolute atomic E-state index is 5.14. The van der Waals surface area contributed by atoms with Gasteiger partial charge in [-0.1, -0.05) is 37.9 Å². The Labute approximate surface area is 81.7 Å². The average Bonchev–Trinajstić information content (AvgIpc) is 2.13. The van der Waals surface area contributed by atoms with Gasteiger partial charge in [-0.3, -0.25) is 0 Å². The molecule has 0 amide bonds. The molecule has 0 aromatic heterocycles. The van der Waals surface area contributed by atoms with E-state index in [2.05, 4.69) is 19.0 Å². The molecular formula is C11H21NO. The standard InChI is InChI=1S/C11H21NO/c1-4-7-10-13-12-11(8-5-2)9-6-3/h4,7H,5-6,8-10H2,1-3H3/b7-4+. The zero-order chi connectivity index (χ0) is 9.94. The van der Waals surface area contributed by atoms with Crippen molar-refractivity contribution in [1.82, 2.24) is 0 Å². The Morgan fingerprint density at radius 2 is 1.85 bits per heavy atom. The Morgan fingerprint density at radius 3 is 2.31 bits per heavy atom. The molecule has 13 heavy (non-hydrogen) atoms. The van der Waals surface area contributed by atoms with Crippen LogP contribution in [0.2, 0.25) is 0 Å². The topological polar surface area (TPSA) is 21.6 Å². The molecule has 0 aliphatic heterocycles. The number of hydrogen-bond donors (Lipinski definition) is 0. The van der Waals surface area contributed by atoms with Gasteiger partial charge >= 0.3 is 0 Å². The van der Waals surface area contributed by atoms with E-state index >= 15 is 0 Å². The van der Waals surface area contributed by atoms with Crippen LogP contribution in [0, 0.1) is 0 Å². The van der Waals surface area contributed by atoms with Crippen molar-refractivity contribution >= 4 is 5.71 Å². The fraction of sp³-hybridized carbons (Fsp3) is 0.727. The minimum absolute atomic E-state index is 0.591. The van der Waals surface area contributed by atoms with Gasteiger partial charge in [0.15, 0.2) is 0 Å². The highest BCUT2D eigenvalue weighted by molar-refractivity contribution is 5.83. The molecular weight excluding hydrogens is 162 g/mol. The lowest BCUT2D eigenvalue weighted by Gasteiger charge is -2.02. The van der Waals surface area contributed by atoms with Gasteiger partial charge in [0.1, 0.15) is 6.61 Å². The number of allylic oxidation sites excluding steroid dienone is 1. The van der Waals surface area contributed by atoms with E-state index in [-0.39, 0.29) is 0 Å². The van der Waals surface area contributed by atoms with Crippen molar-refractivity contribution in [2.45, 2.75) is 46.5 Å². The summed E-state index contributed by atoms with van der Waals surface area (Å²) in [5.41, 5.74) is 1.19. The largest absolute Gasteiger partial charge is 0.392 e. The Kier molecular flexibility index (Phi) is 8.73. The third kappa shape index (κ3) is 7.57. The summed E-state index contributed by atoms with van der Waals surface area (Å²) in [7, 11) is 0. The Morgan fingerprint density at radius 1 is 1.23 bits per heavy atom. The maximum atomic E-state index is 5.14. The van der Waals surface area contributed by atoms with Crippen molar-refractivity contribution < 1.29 is 4.84 Å². The lowest BCUT2D eigenvalue weighted by molar-refractivity contribution is 0.173. The molecule has 0 aliphatic carbocycles. The second-order valence-corrected chi connectivity index (χ2v) is 3.02. The molecule has 76 valence electrons. The second-order valence-electron chi connectivity index (χ2n) is 3.02. The van der Waals surface area contributed by atoms with Gasteiger partial charge in [-0.15, -0.1) is 0 Å². The molecule has 0 bridgehead atoms. The van der Waals surface area contributed by atoms with E-state index in [0.29, 0.717) is 6.61 Å². The Hall–Kier alpha value is -0.790. The molecule has 0 aromatic carbocycles. The fourth-order valence-electron chi connectivity index (χ4n) is 1.06. The van der Waals surface area contributed by atoms with Crippen LogP contribution in [-0.2, 0) is 4.84 Å². The Bertz CT molecular complexity index is 153. The van der Waals surface area contributed by atoms with E-state index in [4.69, 9.17) is 4.84 Å². The van der Waals surface area contributed by atoms with E-state index in [0.717, 1.165) is 25.7 Å². The van der Waals surface area contributed by atoms with Crippen LogP contribution < -0.4 is 0 Å². The molecule has 2 nitrogen and oxygen atoms in total. The summed E-state index contributed by atoms with van der Waals surface area (Å²) in [6, 6.07) is 0. The first-order chi connectivity index (χ1) is 6.35. The van der Waals surface area contributed by atoms with Crippen LogP contribution >= 0.6 is 0 Å². The highest BCUT2D eigenvalue weighted by Crippen LogP contribution is 2.01. The van der Waals surface area contributed by atoms with Crippen molar-refractivity contribution in [3.8, 4) is 0 Å². The molecule has 0 aromatic rings. The van der Waals surface area contributed by atoms with Crippen molar-refractivity contribution in [3.05, 3.63) is 12.2 Å². The predicted molar refractivity (Wildman–Crippen MR) is 58.0 cm³/mol. The maximum Gasteiger partial charge on any atom is 0.135 e. The summed E-state index contributed by atoms with van der Waals surface area (Å²) in [5, 5.41) is 4.11. The molecule has 0 saturated heterocycles. The molecule has 0 rings (SSSR count). The SMILES string of the molecule is C/C=C/CON=C(CCC)CCC. The van der Waals surface area contributed by atoms with E-state index in [1.54, 1.807) is 0 Å². The van der Waals surface area contributed by atoms with Gasteiger partial charge in [0.2, 0.25) is 0 Å². The molecule has 0 heterocycles. The monoisotopic (exact) mass is 183 g/mol. The highest BCUT2D eigenvalue weighted by atomic mass is 16.6. The number of oxime groups is 1. The zero-order valence-corrected chi connectivity index (χ0v) is 9.05. The van der Waals surface area contributed by atoms with E-state index in [9.17, 15) is 0 Å². The van der Waals surface area contributed by atoms with Crippen LogP contribution in [0.1, 0.15) is 46.5 Å².